The number of carbonyl (C=O) groups excluding carboxylic acids is 1. The van der Waals surface area contributed by atoms with Gasteiger partial charge in [-0.15, -0.1) is 0 Å². The van der Waals surface area contributed by atoms with Crippen LogP contribution in [0, 0.1) is 11.3 Å². The molecule has 0 bridgehead atoms. The Morgan fingerprint density at radius 3 is 2.33 bits per heavy atom. The molecule has 0 radical (unpaired) electrons. The van der Waals surface area contributed by atoms with E-state index in [1.165, 1.54) is 19.3 Å². The average Bonchev–Trinajstić information content (AvgIpc) is 2.68. The van der Waals surface area contributed by atoms with Crippen molar-refractivity contribution in [1.82, 2.24) is 19.6 Å². The molecule has 0 atom stereocenters. The summed E-state index contributed by atoms with van der Waals surface area (Å²) in [5.41, 5.74) is 1.82. The number of hydrogen-bond acceptors (Lipinski definition) is 4. The summed E-state index contributed by atoms with van der Waals surface area (Å²) in [6, 6.07) is 10.8. The molecular formula is C21H30N5O+. The zero-order valence-electron chi connectivity index (χ0n) is 16.1. The minimum atomic E-state index is 0.273. The highest BCUT2D eigenvalue weighted by atomic mass is 16.2. The molecule has 2 heterocycles. The largest absolute Gasteiger partial charge is 0.335 e. The topological polar surface area (TPSA) is 59.4 Å². The zero-order chi connectivity index (χ0) is 18.7. The maximum atomic E-state index is 13.1. The van der Waals surface area contributed by atoms with Crippen LogP contribution in [0.1, 0.15) is 24.8 Å². The van der Waals surface area contributed by atoms with Crippen LogP contribution in [-0.2, 0) is 4.79 Å². The number of rotatable bonds is 4. The zero-order valence-corrected chi connectivity index (χ0v) is 16.1. The molecule has 1 saturated carbocycles. The number of benzene rings is 1. The van der Waals surface area contributed by atoms with Gasteiger partial charge in [-0.25, -0.2) is 0 Å². The van der Waals surface area contributed by atoms with Crippen molar-refractivity contribution in [2.75, 3.05) is 58.9 Å². The van der Waals surface area contributed by atoms with E-state index in [9.17, 15) is 4.79 Å². The quantitative estimate of drug-likeness (QED) is 0.811. The van der Waals surface area contributed by atoms with E-state index in [1.807, 2.05) is 24.3 Å². The molecule has 1 aromatic rings. The molecule has 1 N–H and O–H groups in total. The Hall–Kier alpha value is -1.94. The fourth-order valence-corrected chi connectivity index (χ4v) is 4.63. The highest BCUT2D eigenvalue weighted by Gasteiger charge is 2.37. The maximum Gasteiger partial charge on any atom is 0.278 e. The molecule has 1 aromatic carbocycles. The summed E-state index contributed by atoms with van der Waals surface area (Å²) in [6.07, 6.45) is 4.03. The second kappa shape index (κ2) is 7.97. The first-order chi connectivity index (χ1) is 13.2. The predicted octanol–water partition coefficient (Wildman–Crippen LogP) is 1.17. The number of amides is 1. The third-order valence-electron chi connectivity index (χ3n) is 6.67. The number of nitrogens with one attached hydrogen (secondary N) is 1. The van der Waals surface area contributed by atoms with Crippen molar-refractivity contribution in [1.29, 1.82) is 5.26 Å². The Morgan fingerprint density at radius 1 is 1.11 bits per heavy atom. The van der Waals surface area contributed by atoms with Crippen molar-refractivity contribution in [3.63, 3.8) is 0 Å². The fourth-order valence-electron chi connectivity index (χ4n) is 4.63. The van der Waals surface area contributed by atoms with Crippen molar-refractivity contribution in [2.24, 2.45) is 0 Å². The van der Waals surface area contributed by atoms with Gasteiger partial charge >= 0.3 is 0 Å². The van der Waals surface area contributed by atoms with Crippen LogP contribution >= 0.6 is 0 Å². The van der Waals surface area contributed by atoms with Crippen LogP contribution in [0.2, 0.25) is 0 Å². The molecule has 2 saturated heterocycles. The van der Waals surface area contributed by atoms with E-state index in [1.54, 1.807) is 0 Å². The standard InChI is InChI=1S/C21H30N5O/c22-16-18-4-6-20(7-5-18)26(14-8-23-9-15-26)17-21(27)25-12-10-24(11-13-25)19-2-1-3-19/h4-7,19,23H,1-3,8-15,17H2/q+1. The molecule has 6 nitrogen and oxygen atoms in total. The van der Waals surface area contributed by atoms with E-state index in [4.69, 9.17) is 5.26 Å². The highest BCUT2D eigenvalue weighted by molar-refractivity contribution is 5.80. The molecule has 3 fully saturated rings. The second-order valence-corrected chi connectivity index (χ2v) is 8.16. The molecular weight excluding hydrogens is 338 g/mol. The van der Waals surface area contributed by atoms with E-state index in [-0.39, 0.29) is 5.91 Å². The number of hydrogen-bond donors (Lipinski definition) is 1. The van der Waals surface area contributed by atoms with Gasteiger partial charge in [0.2, 0.25) is 0 Å². The van der Waals surface area contributed by atoms with Crippen molar-refractivity contribution >= 4 is 11.6 Å². The molecule has 0 unspecified atom stereocenters. The normalized spacial score (nSPS) is 23.4. The van der Waals surface area contributed by atoms with Gasteiger partial charge in [0.25, 0.3) is 5.91 Å². The van der Waals surface area contributed by atoms with Crippen LogP contribution in [-0.4, -0.2) is 80.7 Å². The monoisotopic (exact) mass is 368 g/mol. The third kappa shape index (κ3) is 3.86. The molecule has 144 valence electrons. The Morgan fingerprint density at radius 2 is 1.78 bits per heavy atom. The summed E-state index contributed by atoms with van der Waals surface area (Å²) >= 11 is 0. The maximum absolute atomic E-state index is 13.1. The van der Waals surface area contributed by atoms with Gasteiger partial charge in [-0.05, 0) is 25.0 Å². The predicted molar refractivity (Wildman–Crippen MR) is 106 cm³/mol. The lowest BCUT2D eigenvalue weighted by Crippen LogP contribution is -2.64. The first kappa shape index (κ1) is 18.4. The Balaban J connectivity index is 1.43. The van der Waals surface area contributed by atoms with Crippen molar-refractivity contribution in [3.8, 4) is 6.07 Å². The summed E-state index contributed by atoms with van der Waals surface area (Å²) in [6.45, 7) is 7.97. The highest BCUT2D eigenvalue weighted by Crippen LogP contribution is 2.27. The van der Waals surface area contributed by atoms with Crippen LogP contribution in [0.4, 0.5) is 5.69 Å². The summed E-state index contributed by atoms with van der Waals surface area (Å²) in [7, 11) is 0. The number of nitriles is 1. The molecule has 0 aromatic heterocycles. The van der Waals surface area contributed by atoms with Crippen LogP contribution in [0.5, 0.6) is 0 Å². The molecule has 3 aliphatic rings. The lowest BCUT2D eigenvalue weighted by molar-refractivity contribution is -0.134. The van der Waals surface area contributed by atoms with Gasteiger partial charge in [-0.1, -0.05) is 6.42 Å². The molecule has 1 amide bonds. The van der Waals surface area contributed by atoms with Crippen molar-refractivity contribution in [3.05, 3.63) is 29.8 Å². The fraction of sp³-hybridized carbons (Fsp3) is 0.619. The van der Waals surface area contributed by atoms with Gasteiger partial charge in [0.05, 0.1) is 24.7 Å². The lowest BCUT2D eigenvalue weighted by atomic mass is 9.91. The molecule has 2 aliphatic heterocycles. The number of carbonyl (C=O) groups is 1. The van der Waals surface area contributed by atoms with Crippen molar-refractivity contribution in [2.45, 2.75) is 25.3 Å². The summed E-state index contributed by atoms with van der Waals surface area (Å²) < 4.78 is 0.695. The number of quaternary nitrogens is 1. The van der Waals surface area contributed by atoms with Gasteiger partial charge in [-0.2, -0.15) is 5.26 Å². The first-order valence-corrected chi connectivity index (χ1v) is 10.3. The van der Waals surface area contributed by atoms with Crippen LogP contribution in [0.3, 0.4) is 0 Å². The minimum absolute atomic E-state index is 0.273. The smallest absolute Gasteiger partial charge is 0.278 e. The van der Waals surface area contributed by atoms with Crippen molar-refractivity contribution < 1.29 is 4.79 Å². The molecule has 6 heteroatoms. The molecule has 4 rings (SSSR count). The second-order valence-electron chi connectivity index (χ2n) is 8.16. The Kier molecular flexibility index (Phi) is 5.44. The van der Waals surface area contributed by atoms with Crippen LogP contribution in [0.25, 0.3) is 0 Å². The van der Waals surface area contributed by atoms with Crippen LogP contribution in [0.15, 0.2) is 24.3 Å². The summed E-state index contributed by atoms with van der Waals surface area (Å²) in [5.74, 6) is 0.273. The SMILES string of the molecule is N#Cc1ccc([N+]2(CC(=O)N3CCN(C4CCC4)CC3)CCNCC2)cc1. The van der Waals surface area contributed by atoms with Gasteiger partial charge in [-0.3, -0.25) is 14.2 Å². The van der Waals surface area contributed by atoms with Gasteiger partial charge in [0.15, 0.2) is 6.54 Å². The Bertz CT molecular complexity index is 692. The Labute approximate surface area is 161 Å². The number of piperazine rings is 2. The van der Waals surface area contributed by atoms with E-state index < -0.39 is 0 Å². The van der Waals surface area contributed by atoms with E-state index in [2.05, 4.69) is 21.2 Å². The molecule has 0 spiro atoms. The average molecular weight is 369 g/mol. The lowest BCUT2D eigenvalue weighted by Gasteiger charge is -2.45. The minimum Gasteiger partial charge on any atom is -0.335 e. The molecule has 1 aliphatic carbocycles. The summed E-state index contributed by atoms with van der Waals surface area (Å²) in [5, 5.41) is 12.5. The van der Waals surface area contributed by atoms with E-state index in [0.29, 0.717) is 16.6 Å². The van der Waals surface area contributed by atoms with Crippen LogP contribution < -0.4 is 9.80 Å². The molecule has 27 heavy (non-hydrogen) atoms. The van der Waals surface area contributed by atoms with Gasteiger partial charge in [0, 0.05) is 57.4 Å². The first-order valence-electron chi connectivity index (χ1n) is 10.3. The van der Waals surface area contributed by atoms with Gasteiger partial charge in [0.1, 0.15) is 5.69 Å². The summed E-state index contributed by atoms with van der Waals surface area (Å²) in [4.78, 5) is 17.8. The van der Waals surface area contributed by atoms with E-state index >= 15 is 0 Å². The van der Waals surface area contributed by atoms with Gasteiger partial charge < -0.3 is 10.2 Å². The van der Waals surface area contributed by atoms with E-state index in [0.717, 1.165) is 64.1 Å². The number of nitrogens with zero attached hydrogens (tertiary/aromatic N) is 4. The third-order valence-corrected chi connectivity index (χ3v) is 6.67.